The van der Waals surface area contributed by atoms with Crippen LogP contribution >= 0.6 is 23.8 Å². The molecule has 0 saturated carbocycles. The molecule has 0 bridgehead atoms. The maximum atomic E-state index is 6.00. The highest BCUT2D eigenvalue weighted by molar-refractivity contribution is 7.71. The van der Waals surface area contributed by atoms with Crippen molar-refractivity contribution in [2.24, 2.45) is 0 Å². The first-order valence-electron chi connectivity index (χ1n) is 8.10. The summed E-state index contributed by atoms with van der Waals surface area (Å²) in [4.78, 5) is 9.38. The third kappa shape index (κ3) is 3.29. The van der Waals surface area contributed by atoms with Crippen LogP contribution < -0.4 is 0 Å². The summed E-state index contributed by atoms with van der Waals surface area (Å²) < 4.78 is 2.35. The van der Waals surface area contributed by atoms with Crippen LogP contribution in [0.25, 0.3) is 28.5 Å². The van der Waals surface area contributed by atoms with Gasteiger partial charge in [0, 0.05) is 21.8 Å². The van der Waals surface area contributed by atoms with Crippen molar-refractivity contribution in [3.05, 3.63) is 94.7 Å². The van der Waals surface area contributed by atoms with E-state index in [4.69, 9.17) is 28.8 Å². The Labute approximate surface area is 161 Å². The Morgan fingerprint density at radius 2 is 1.31 bits per heavy atom. The van der Waals surface area contributed by atoms with Crippen molar-refractivity contribution in [1.29, 1.82) is 0 Å². The topological polar surface area (TPSA) is 30.7 Å². The Morgan fingerprint density at radius 1 is 0.692 bits per heavy atom. The zero-order chi connectivity index (χ0) is 17.9. The average molecular weight is 376 g/mol. The van der Waals surface area contributed by atoms with Crippen molar-refractivity contribution < 1.29 is 0 Å². The fraction of sp³-hybridized carbons (Fsp3) is 0. The van der Waals surface area contributed by atoms with E-state index in [0.29, 0.717) is 15.6 Å². The van der Waals surface area contributed by atoms with Gasteiger partial charge in [0.15, 0.2) is 5.82 Å². The van der Waals surface area contributed by atoms with E-state index >= 15 is 0 Å². The Bertz CT molecular complexity index is 1090. The number of hydrogen-bond donors (Lipinski definition) is 0. The molecule has 0 saturated heterocycles. The van der Waals surface area contributed by atoms with Crippen molar-refractivity contribution in [3.8, 4) is 28.5 Å². The number of benzene rings is 3. The Morgan fingerprint density at radius 3 is 1.96 bits per heavy atom. The standard InChI is InChI=1S/C21H14ClN3S/c22-17-13-11-15(12-14-17)19-23-20(16-7-3-1-4-8-16)25(21(26)24-19)18-9-5-2-6-10-18/h1-14H. The zero-order valence-corrected chi connectivity index (χ0v) is 15.3. The molecule has 26 heavy (non-hydrogen) atoms. The third-order valence-electron chi connectivity index (χ3n) is 3.97. The monoisotopic (exact) mass is 375 g/mol. The lowest BCUT2D eigenvalue weighted by molar-refractivity contribution is 0.912. The quantitative estimate of drug-likeness (QED) is 0.412. The molecule has 0 aliphatic rings. The van der Waals surface area contributed by atoms with Crippen LogP contribution in [0, 0.1) is 4.77 Å². The van der Waals surface area contributed by atoms with Crippen molar-refractivity contribution >= 4 is 23.8 Å². The van der Waals surface area contributed by atoms with E-state index in [1.165, 1.54) is 0 Å². The van der Waals surface area contributed by atoms with Gasteiger partial charge in [0.2, 0.25) is 4.77 Å². The van der Waals surface area contributed by atoms with Crippen LogP contribution in [-0.2, 0) is 0 Å². The molecule has 1 heterocycles. The van der Waals surface area contributed by atoms with Gasteiger partial charge in [-0.1, -0.05) is 60.1 Å². The molecule has 0 atom stereocenters. The van der Waals surface area contributed by atoms with Crippen molar-refractivity contribution in [1.82, 2.24) is 14.5 Å². The van der Waals surface area contributed by atoms with Crippen molar-refractivity contribution in [2.45, 2.75) is 0 Å². The highest BCUT2D eigenvalue weighted by Crippen LogP contribution is 2.25. The molecule has 0 aliphatic heterocycles. The number of aromatic nitrogens is 3. The van der Waals surface area contributed by atoms with E-state index in [2.05, 4.69) is 4.98 Å². The summed E-state index contributed by atoms with van der Waals surface area (Å²) in [5, 5.41) is 0.672. The Kier molecular flexibility index (Phi) is 4.61. The molecule has 126 valence electrons. The predicted molar refractivity (Wildman–Crippen MR) is 108 cm³/mol. The van der Waals surface area contributed by atoms with Gasteiger partial charge in [-0.3, -0.25) is 4.57 Å². The summed E-state index contributed by atoms with van der Waals surface area (Å²) in [5.41, 5.74) is 2.77. The zero-order valence-electron chi connectivity index (χ0n) is 13.7. The molecule has 1 aromatic heterocycles. The van der Waals surface area contributed by atoms with Crippen LogP contribution in [0.3, 0.4) is 0 Å². The van der Waals surface area contributed by atoms with E-state index in [1.54, 1.807) is 0 Å². The summed E-state index contributed by atoms with van der Waals surface area (Å²) in [6.45, 7) is 0. The van der Waals surface area contributed by atoms with Gasteiger partial charge in [-0.25, -0.2) is 4.98 Å². The Balaban J connectivity index is 1.98. The fourth-order valence-electron chi connectivity index (χ4n) is 2.73. The maximum absolute atomic E-state index is 6.00. The average Bonchev–Trinajstić information content (AvgIpc) is 2.69. The first-order chi connectivity index (χ1) is 12.7. The van der Waals surface area contributed by atoms with Gasteiger partial charge in [0.25, 0.3) is 0 Å². The molecule has 3 aromatic carbocycles. The molecule has 3 nitrogen and oxygen atoms in total. The largest absolute Gasteiger partial charge is 0.269 e. The van der Waals surface area contributed by atoms with Gasteiger partial charge in [-0.15, -0.1) is 0 Å². The van der Waals surface area contributed by atoms with E-state index in [9.17, 15) is 0 Å². The second-order valence-corrected chi connectivity index (χ2v) is 6.50. The molecule has 0 N–H and O–H groups in total. The lowest BCUT2D eigenvalue weighted by atomic mass is 10.2. The first kappa shape index (κ1) is 16.6. The molecule has 0 amide bonds. The van der Waals surface area contributed by atoms with E-state index in [0.717, 1.165) is 22.6 Å². The van der Waals surface area contributed by atoms with Crippen LogP contribution in [0.2, 0.25) is 5.02 Å². The molecule has 0 aliphatic carbocycles. The van der Waals surface area contributed by atoms with Crippen LogP contribution in [0.4, 0.5) is 0 Å². The lowest BCUT2D eigenvalue weighted by Crippen LogP contribution is -2.08. The summed E-state index contributed by atoms with van der Waals surface area (Å²) in [7, 11) is 0. The third-order valence-corrected chi connectivity index (χ3v) is 4.49. The normalized spacial score (nSPS) is 10.7. The summed E-state index contributed by atoms with van der Waals surface area (Å²) in [5.74, 6) is 1.33. The molecule has 0 spiro atoms. The summed E-state index contributed by atoms with van der Waals surface area (Å²) in [6.07, 6.45) is 0. The Hall–Kier alpha value is -2.82. The highest BCUT2D eigenvalue weighted by atomic mass is 35.5. The van der Waals surface area contributed by atoms with Crippen LogP contribution in [0.1, 0.15) is 0 Å². The summed E-state index contributed by atoms with van der Waals surface area (Å²) in [6, 6.07) is 27.3. The molecule has 4 aromatic rings. The van der Waals surface area contributed by atoms with Gasteiger partial charge in [-0.2, -0.15) is 4.98 Å². The van der Waals surface area contributed by atoms with Gasteiger partial charge in [0.1, 0.15) is 5.82 Å². The molecular formula is C21H14ClN3S. The first-order valence-corrected chi connectivity index (χ1v) is 8.89. The smallest absolute Gasteiger partial charge is 0.207 e. The van der Waals surface area contributed by atoms with E-state index in [1.807, 2.05) is 89.5 Å². The van der Waals surface area contributed by atoms with E-state index in [-0.39, 0.29) is 0 Å². The second kappa shape index (κ2) is 7.20. The van der Waals surface area contributed by atoms with Crippen molar-refractivity contribution in [2.75, 3.05) is 0 Å². The SMILES string of the molecule is S=c1nc(-c2ccc(Cl)cc2)nc(-c2ccccc2)n1-c1ccccc1. The fourth-order valence-corrected chi connectivity index (χ4v) is 3.13. The minimum Gasteiger partial charge on any atom is -0.269 e. The lowest BCUT2D eigenvalue weighted by Gasteiger charge is -2.14. The molecule has 0 unspecified atom stereocenters. The van der Waals surface area contributed by atoms with Crippen molar-refractivity contribution in [3.63, 3.8) is 0 Å². The molecule has 0 fully saturated rings. The number of para-hydroxylation sites is 1. The van der Waals surface area contributed by atoms with Crippen LogP contribution in [0.5, 0.6) is 0 Å². The molecular weight excluding hydrogens is 362 g/mol. The van der Waals surface area contributed by atoms with Gasteiger partial charge in [0.05, 0.1) is 0 Å². The number of halogens is 1. The molecule has 5 heteroatoms. The minimum atomic E-state index is 0.454. The minimum absolute atomic E-state index is 0.454. The maximum Gasteiger partial charge on any atom is 0.207 e. The van der Waals surface area contributed by atoms with Crippen LogP contribution in [-0.4, -0.2) is 14.5 Å². The number of hydrogen-bond acceptors (Lipinski definition) is 3. The predicted octanol–water partition coefficient (Wildman–Crippen LogP) is 5.98. The number of nitrogens with zero attached hydrogens (tertiary/aromatic N) is 3. The van der Waals surface area contributed by atoms with E-state index < -0.39 is 0 Å². The molecule has 4 rings (SSSR count). The number of rotatable bonds is 3. The van der Waals surface area contributed by atoms with Crippen LogP contribution in [0.15, 0.2) is 84.9 Å². The molecule has 0 radical (unpaired) electrons. The van der Waals surface area contributed by atoms with Gasteiger partial charge in [-0.05, 0) is 48.6 Å². The highest BCUT2D eigenvalue weighted by Gasteiger charge is 2.13. The summed E-state index contributed by atoms with van der Waals surface area (Å²) >= 11 is 11.6. The second-order valence-electron chi connectivity index (χ2n) is 5.70. The van der Waals surface area contributed by atoms with Gasteiger partial charge >= 0.3 is 0 Å². The van der Waals surface area contributed by atoms with Gasteiger partial charge < -0.3 is 0 Å².